The lowest BCUT2D eigenvalue weighted by molar-refractivity contribution is 0.0605. The second-order valence-corrected chi connectivity index (χ2v) is 7.06. The third-order valence-electron chi connectivity index (χ3n) is 3.54. The van der Waals surface area contributed by atoms with Gasteiger partial charge in [-0.05, 0) is 37.1 Å². The minimum absolute atomic E-state index is 0.240. The molecule has 0 aliphatic rings. The highest BCUT2D eigenvalue weighted by atomic mass is 79.9. The molecule has 0 unspecified atom stereocenters. The molecule has 0 spiro atoms. The molecule has 1 aromatic heterocycles. The van der Waals surface area contributed by atoms with Crippen molar-refractivity contribution in [1.29, 1.82) is 5.26 Å². The first kappa shape index (κ1) is 19.0. The first-order chi connectivity index (χ1) is 11.8. The maximum Gasteiger partial charge on any atom is 0.348 e. The quantitative estimate of drug-likeness (QED) is 0.750. The Labute approximate surface area is 157 Å². The molecule has 0 fully saturated rings. The summed E-state index contributed by atoms with van der Waals surface area (Å²) in [5, 5.41) is 12.4. The van der Waals surface area contributed by atoms with Crippen molar-refractivity contribution in [3.05, 3.63) is 43.7 Å². The van der Waals surface area contributed by atoms with E-state index < -0.39 is 11.9 Å². The van der Waals surface area contributed by atoms with Crippen LogP contribution >= 0.6 is 27.3 Å². The van der Waals surface area contributed by atoms with E-state index in [9.17, 15) is 14.9 Å². The van der Waals surface area contributed by atoms with Gasteiger partial charge in [0.2, 0.25) is 0 Å². The van der Waals surface area contributed by atoms with Crippen LogP contribution in [0.5, 0.6) is 5.75 Å². The molecule has 130 valence electrons. The number of esters is 1. The van der Waals surface area contributed by atoms with Crippen molar-refractivity contribution in [1.82, 2.24) is 0 Å². The van der Waals surface area contributed by atoms with Crippen LogP contribution in [0.2, 0.25) is 0 Å². The van der Waals surface area contributed by atoms with Crippen LogP contribution in [0.15, 0.2) is 16.6 Å². The Hall–Kier alpha value is -2.37. The molecular formula is C17H15BrN2O4S. The van der Waals surface area contributed by atoms with Crippen molar-refractivity contribution in [2.45, 2.75) is 13.8 Å². The molecule has 0 saturated carbocycles. The van der Waals surface area contributed by atoms with Gasteiger partial charge >= 0.3 is 5.97 Å². The van der Waals surface area contributed by atoms with Gasteiger partial charge in [0.25, 0.3) is 5.91 Å². The summed E-state index contributed by atoms with van der Waals surface area (Å²) in [5.41, 5.74) is 1.83. The number of halogens is 1. The molecule has 0 aliphatic heterocycles. The van der Waals surface area contributed by atoms with Gasteiger partial charge in [0.1, 0.15) is 21.7 Å². The van der Waals surface area contributed by atoms with Gasteiger partial charge in [0.15, 0.2) is 0 Å². The van der Waals surface area contributed by atoms with Crippen molar-refractivity contribution >= 4 is 44.1 Å². The van der Waals surface area contributed by atoms with E-state index in [1.54, 1.807) is 13.0 Å². The molecule has 25 heavy (non-hydrogen) atoms. The van der Waals surface area contributed by atoms with Gasteiger partial charge in [-0.1, -0.05) is 15.9 Å². The number of nitrogens with zero attached hydrogens (tertiary/aromatic N) is 1. The average molecular weight is 423 g/mol. The molecule has 0 radical (unpaired) electrons. The first-order valence-corrected chi connectivity index (χ1v) is 8.72. The fourth-order valence-electron chi connectivity index (χ4n) is 2.36. The summed E-state index contributed by atoms with van der Waals surface area (Å²) < 4.78 is 10.8. The summed E-state index contributed by atoms with van der Waals surface area (Å²) in [4.78, 5) is 24.8. The fraction of sp³-hybridized carbons (Fsp3) is 0.235. The first-order valence-electron chi connectivity index (χ1n) is 7.11. The lowest BCUT2D eigenvalue weighted by Gasteiger charge is -2.12. The summed E-state index contributed by atoms with van der Waals surface area (Å²) in [6.45, 7) is 3.46. The van der Waals surface area contributed by atoms with Gasteiger partial charge in [-0.15, -0.1) is 11.3 Å². The minimum atomic E-state index is -0.546. The number of hydrogen-bond donors (Lipinski definition) is 1. The maximum atomic E-state index is 12.7. The smallest absolute Gasteiger partial charge is 0.348 e. The van der Waals surface area contributed by atoms with Crippen molar-refractivity contribution < 1.29 is 19.1 Å². The Morgan fingerprint density at radius 1 is 1.28 bits per heavy atom. The van der Waals surface area contributed by atoms with Crippen molar-refractivity contribution in [2.75, 3.05) is 19.5 Å². The number of aryl methyl sites for hydroxylation is 1. The number of carbonyl (C=O) groups excluding carboxylic acids is 2. The number of benzene rings is 1. The molecule has 0 saturated heterocycles. The fourth-order valence-corrected chi connectivity index (χ4v) is 4.01. The number of methoxy groups -OCH3 is 2. The minimum Gasteiger partial charge on any atom is -0.496 e. The zero-order chi connectivity index (χ0) is 18.7. The third-order valence-corrected chi connectivity index (χ3v) is 5.19. The van der Waals surface area contributed by atoms with Crippen LogP contribution in [0.4, 0.5) is 5.00 Å². The van der Waals surface area contributed by atoms with Crippen molar-refractivity contribution in [3.8, 4) is 11.8 Å². The predicted molar refractivity (Wildman–Crippen MR) is 98.5 cm³/mol. The van der Waals surface area contributed by atoms with Crippen LogP contribution in [-0.4, -0.2) is 26.1 Å². The molecule has 1 aromatic carbocycles. The lowest BCUT2D eigenvalue weighted by atomic mass is 10.1. The highest BCUT2D eigenvalue weighted by Crippen LogP contribution is 2.34. The topological polar surface area (TPSA) is 88.4 Å². The number of amides is 1. The maximum absolute atomic E-state index is 12.7. The normalized spacial score (nSPS) is 10.1. The van der Waals surface area contributed by atoms with Gasteiger partial charge in [-0.25, -0.2) is 4.79 Å². The van der Waals surface area contributed by atoms with Crippen LogP contribution < -0.4 is 10.1 Å². The number of carbonyl (C=O) groups is 2. The highest BCUT2D eigenvalue weighted by Gasteiger charge is 2.23. The van der Waals surface area contributed by atoms with E-state index in [0.717, 1.165) is 21.4 Å². The second-order valence-electron chi connectivity index (χ2n) is 5.12. The van der Waals surface area contributed by atoms with E-state index in [1.807, 2.05) is 19.1 Å². The van der Waals surface area contributed by atoms with E-state index in [0.29, 0.717) is 21.9 Å². The largest absolute Gasteiger partial charge is 0.496 e. The molecule has 0 bridgehead atoms. The molecule has 0 atom stereocenters. The molecule has 1 N–H and O–H groups in total. The highest BCUT2D eigenvalue weighted by molar-refractivity contribution is 9.10. The Morgan fingerprint density at radius 2 is 1.96 bits per heavy atom. The molecule has 1 heterocycles. The van der Waals surface area contributed by atoms with Crippen LogP contribution in [0.25, 0.3) is 0 Å². The van der Waals surface area contributed by atoms with Crippen molar-refractivity contribution in [3.63, 3.8) is 0 Å². The number of rotatable bonds is 4. The van der Waals surface area contributed by atoms with Crippen molar-refractivity contribution in [2.24, 2.45) is 0 Å². The monoisotopic (exact) mass is 422 g/mol. The van der Waals surface area contributed by atoms with E-state index in [4.69, 9.17) is 9.47 Å². The van der Waals surface area contributed by atoms with E-state index in [1.165, 1.54) is 14.2 Å². The molecule has 2 rings (SSSR count). The SMILES string of the molecule is COC(=O)c1sc(NC(=O)c2cc(Br)cc(C)c2OC)c(C#N)c1C. The van der Waals surface area contributed by atoms with Gasteiger partial charge < -0.3 is 14.8 Å². The second kappa shape index (κ2) is 7.68. The third kappa shape index (κ3) is 3.67. The van der Waals surface area contributed by atoms with Crippen LogP contribution in [0.3, 0.4) is 0 Å². The summed E-state index contributed by atoms with van der Waals surface area (Å²) in [5.74, 6) is -0.536. The number of hydrogen-bond acceptors (Lipinski definition) is 6. The summed E-state index contributed by atoms with van der Waals surface area (Å²) >= 11 is 4.36. The van der Waals surface area contributed by atoms with Gasteiger partial charge in [-0.3, -0.25) is 4.79 Å². The standard InChI is InChI=1S/C17H15BrN2O4S/c1-8-5-10(18)6-11(13(8)23-3)15(21)20-16-12(7-19)9(2)14(25-16)17(22)24-4/h5-6H,1-4H3,(H,20,21). The lowest BCUT2D eigenvalue weighted by Crippen LogP contribution is -2.13. The van der Waals surface area contributed by atoms with E-state index in [-0.39, 0.29) is 10.4 Å². The summed E-state index contributed by atoms with van der Waals surface area (Å²) in [6.07, 6.45) is 0. The number of nitrogens with one attached hydrogen (secondary N) is 1. The van der Waals surface area contributed by atoms with E-state index in [2.05, 4.69) is 21.2 Å². The average Bonchev–Trinajstić information content (AvgIpc) is 2.88. The number of thiophene rings is 1. The van der Waals surface area contributed by atoms with E-state index >= 15 is 0 Å². The van der Waals surface area contributed by atoms with Crippen LogP contribution in [0, 0.1) is 25.2 Å². The Balaban J connectivity index is 2.46. The Morgan fingerprint density at radius 3 is 2.52 bits per heavy atom. The van der Waals surface area contributed by atoms with Gasteiger partial charge in [0.05, 0.1) is 25.3 Å². The molecule has 1 amide bonds. The number of ether oxygens (including phenoxy) is 2. The molecule has 8 heteroatoms. The Bertz CT molecular complexity index is 899. The number of anilines is 1. The molecular weight excluding hydrogens is 408 g/mol. The zero-order valence-electron chi connectivity index (χ0n) is 14.0. The molecule has 6 nitrogen and oxygen atoms in total. The Kier molecular flexibility index (Phi) is 5.82. The zero-order valence-corrected chi connectivity index (χ0v) is 16.4. The molecule has 0 aliphatic carbocycles. The summed E-state index contributed by atoms with van der Waals surface area (Å²) in [7, 11) is 2.75. The summed E-state index contributed by atoms with van der Waals surface area (Å²) in [6, 6.07) is 5.49. The van der Waals surface area contributed by atoms with Crippen LogP contribution in [-0.2, 0) is 4.74 Å². The van der Waals surface area contributed by atoms with Gasteiger partial charge in [0, 0.05) is 4.47 Å². The van der Waals surface area contributed by atoms with Crippen LogP contribution in [0.1, 0.15) is 36.7 Å². The predicted octanol–water partition coefficient (Wildman–Crippen LogP) is 4.05. The number of nitriles is 1. The van der Waals surface area contributed by atoms with Gasteiger partial charge in [-0.2, -0.15) is 5.26 Å². The molecule has 2 aromatic rings.